The number of aromatic hydroxyl groups is 1. The van der Waals surface area contributed by atoms with Crippen molar-refractivity contribution in [2.45, 2.75) is 39.5 Å². The van der Waals surface area contributed by atoms with Crippen molar-refractivity contribution in [1.29, 1.82) is 0 Å². The third-order valence-corrected chi connectivity index (χ3v) is 3.33. The van der Waals surface area contributed by atoms with Gasteiger partial charge in [-0.2, -0.15) is 5.10 Å². The van der Waals surface area contributed by atoms with Crippen LogP contribution in [0.4, 0.5) is 0 Å². The molecule has 0 aliphatic rings. The molecule has 0 aromatic carbocycles. The molecule has 1 amide bonds. The third-order valence-electron chi connectivity index (χ3n) is 3.33. The van der Waals surface area contributed by atoms with Crippen LogP contribution in [0, 0.1) is 0 Å². The topological polar surface area (TPSA) is 106 Å². The lowest BCUT2D eigenvalue weighted by atomic mass is 10.1. The first-order valence-electron chi connectivity index (χ1n) is 7.19. The summed E-state index contributed by atoms with van der Waals surface area (Å²) in [5.74, 6) is -0.717. The van der Waals surface area contributed by atoms with E-state index in [-0.39, 0.29) is 17.2 Å². The number of hydrogen-bond donors (Lipinski definition) is 2. The summed E-state index contributed by atoms with van der Waals surface area (Å²) in [5.41, 5.74) is 1.24. The molecule has 0 bridgehead atoms. The average molecular weight is 310 g/mol. The van der Waals surface area contributed by atoms with Gasteiger partial charge < -0.3 is 5.11 Å². The molecule has 1 aromatic heterocycles. The van der Waals surface area contributed by atoms with Crippen LogP contribution in [0.25, 0.3) is 0 Å². The standard InChI is InChI=1S/C14H22N4O4/c1-5-7-8-10(19)16-15-9(6-2)11-12(20)17(3)14(22)18(4)13(11)21/h20H,5-8H2,1-4H3,(H,16,19)/b15-9-. The lowest BCUT2D eigenvalue weighted by Crippen LogP contribution is -2.40. The van der Waals surface area contributed by atoms with Crippen molar-refractivity contribution in [1.82, 2.24) is 14.6 Å². The highest BCUT2D eigenvalue weighted by Gasteiger charge is 2.19. The van der Waals surface area contributed by atoms with Gasteiger partial charge in [-0.05, 0) is 12.8 Å². The van der Waals surface area contributed by atoms with Crippen LogP contribution < -0.4 is 16.7 Å². The zero-order valence-corrected chi connectivity index (χ0v) is 13.3. The Labute approximate surface area is 128 Å². The van der Waals surface area contributed by atoms with Crippen LogP contribution in [0.2, 0.25) is 0 Å². The molecule has 8 nitrogen and oxygen atoms in total. The van der Waals surface area contributed by atoms with Crippen LogP contribution in [-0.2, 0) is 18.9 Å². The third kappa shape index (κ3) is 3.63. The largest absolute Gasteiger partial charge is 0.494 e. The molecule has 0 saturated heterocycles. The lowest BCUT2D eigenvalue weighted by Gasteiger charge is -2.11. The fourth-order valence-corrected chi connectivity index (χ4v) is 1.92. The number of carbonyl (C=O) groups excluding carboxylic acids is 1. The van der Waals surface area contributed by atoms with E-state index in [1.165, 1.54) is 14.1 Å². The zero-order chi connectivity index (χ0) is 16.9. The molecule has 1 heterocycles. The highest BCUT2D eigenvalue weighted by molar-refractivity contribution is 6.02. The van der Waals surface area contributed by atoms with E-state index in [1.54, 1.807) is 6.92 Å². The summed E-state index contributed by atoms with van der Waals surface area (Å²) >= 11 is 0. The van der Waals surface area contributed by atoms with Crippen molar-refractivity contribution < 1.29 is 9.90 Å². The Morgan fingerprint density at radius 3 is 2.41 bits per heavy atom. The molecule has 0 atom stereocenters. The first-order valence-corrected chi connectivity index (χ1v) is 7.19. The summed E-state index contributed by atoms with van der Waals surface area (Å²) in [5, 5.41) is 14.0. The number of unbranched alkanes of at least 4 members (excludes halogenated alkanes) is 1. The van der Waals surface area contributed by atoms with Crippen molar-refractivity contribution in [2.75, 3.05) is 0 Å². The zero-order valence-electron chi connectivity index (χ0n) is 13.3. The minimum absolute atomic E-state index is 0.0807. The van der Waals surface area contributed by atoms with Crippen molar-refractivity contribution in [3.63, 3.8) is 0 Å². The highest BCUT2D eigenvalue weighted by atomic mass is 16.3. The van der Waals surface area contributed by atoms with Gasteiger partial charge in [-0.15, -0.1) is 0 Å². The molecule has 0 aliphatic carbocycles. The second-order valence-corrected chi connectivity index (χ2v) is 4.95. The second-order valence-electron chi connectivity index (χ2n) is 4.95. The average Bonchev–Trinajstić information content (AvgIpc) is 2.52. The van der Waals surface area contributed by atoms with Crippen LogP contribution in [-0.4, -0.2) is 25.9 Å². The van der Waals surface area contributed by atoms with E-state index < -0.39 is 17.1 Å². The van der Waals surface area contributed by atoms with Crippen LogP contribution in [0.3, 0.4) is 0 Å². The quantitative estimate of drug-likeness (QED) is 0.578. The predicted molar refractivity (Wildman–Crippen MR) is 83.1 cm³/mol. The van der Waals surface area contributed by atoms with Gasteiger partial charge >= 0.3 is 5.69 Å². The van der Waals surface area contributed by atoms with Gasteiger partial charge in [0.2, 0.25) is 11.8 Å². The summed E-state index contributed by atoms with van der Waals surface area (Å²) in [6.45, 7) is 3.71. The predicted octanol–water partition coefficient (Wildman–Crippen LogP) is 0.210. The molecule has 0 saturated carbocycles. The van der Waals surface area contributed by atoms with Crippen LogP contribution in [0.5, 0.6) is 5.88 Å². The molecule has 0 radical (unpaired) electrons. The van der Waals surface area contributed by atoms with Crippen molar-refractivity contribution in [3.8, 4) is 5.88 Å². The van der Waals surface area contributed by atoms with E-state index in [0.29, 0.717) is 12.8 Å². The van der Waals surface area contributed by atoms with Gasteiger partial charge in [0, 0.05) is 20.5 Å². The molecule has 22 heavy (non-hydrogen) atoms. The molecule has 8 heteroatoms. The van der Waals surface area contributed by atoms with Crippen molar-refractivity contribution in [3.05, 3.63) is 26.4 Å². The van der Waals surface area contributed by atoms with E-state index in [9.17, 15) is 19.5 Å². The van der Waals surface area contributed by atoms with Gasteiger partial charge in [0.25, 0.3) is 5.56 Å². The van der Waals surface area contributed by atoms with Gasteiger partial charge in [-0.25, -0.2) is 10.2 Å². The number of amides is 1. The van der Waals surface area contributed by atoms with Gasteiger partial charge in [0.05, 0.1) is 5.71 Å². The molecule has 0 unspecified atom stereocenters. The Morgan fingerprint density at radius 2 is 1.86 bits per heavy atom. The summed E-state index contributed by atoms with van der Waals surface area (Å²) in [6, 6.07) is 0. The fourth-order valence-electron chi connectivity index (χ4n) is 1.92. The lowest BCUT2D eigenvalue weighted by molar-refractivity contribution is -0.121. The Morgan fingerprint density at radius 1 is 1.23 bits per heavy atom. The van der Waals surface area contributed by atoms with Crippen molar-refractivity contribution >= 4 is 11.6 Å². The molecule has 2 N–H and O–H groups in total. The molecular weight excluding hydrogens is 288 g/mol. The van der Waals surface area contributed by atoms with Crippen molar-refractivity contribution in [2.24, 2.45) is 19.2 Å². The SMILES string of the molecule is CCCCC(=O)N/N=C(/CC)c1c(O)n(C)c(=O)n(C)c1=O. The van der Waals surface area contributed by atoms with E-state index in [4.69, 9.17) is 0 Å². The van der Waals surface area contributed by atoms with Crippen LogP contribution >= 0.6 is 0 Å². The highest BCUT2D eigenvalue weighted by Crippen LogP contribution is 2.11. The summed E-state index contributed by atoms with van der Waals surface area (Å²) in [6.07, 6.45) is 2.29. The van der Waals surface area contributed by atoms with Crippen LogP contribution in [0.15, 0.2) is 14.7 Å². The Kier molecular flexibility index (Phi) is 6.09. The Bertz CT molecular complexity index is 700. The molecule has 122 valence electrons. The molecule has 1 rings (SSSR count). The Balaban J connectivity index is 3.24. The maximum atomic E-state index is 12.2. The number of hydrazone groups is 1. The fraction of sp³-hybridized carbons (Fsp3) is 0.571. The maximum absolute atomic E-state index is 12.2. The first-order chi connectivity index (χ1) is 10.3. The molecule has 1 aromatic rings. The minimum atomic E-state index is -0.649. The molecule has 0 fully saturated rings. The van der Waals surface area contributed by atoms with E-state index >= 15 is 0 Å². The van der Waals surface area contributed by atoms with E-state index in [2.05, 4.69) is 10.5 Å². The van der Waals surface area contributed by atoms with Gasteiger partial charge in [-0.1, -0.05) is 20.3 Å². The normalized spacial score (nSPS) is 11.5. The molecule has 0 aliphatic heterocycles. The number of aromatic nitrogens is 2. The summed E-state index contributed by atoms with van der Waals surface area (Å²) < 4.78 is 1.85. The number of rotatable bonds is 6. The van der Waals surface area contributed by atoms with Crippen LogP contribution in [0.1, 0.15) is 45.1 Å². The maximum Gasteiger partial charge on any atom is 0.333 e. The van der Waals surface area contributed by atoms with Gasteiger partial charge in [-0.3, -0.25) is 18.7 Å². The first kappa shape index (κ1) is 17.7. The number of hydrogen-bond acceptors (Lipinski definition) is 5. The second kappa shape index (κ2) is 7.58. The summed E-state index contributed by atoms with van der Waals surface area (Å²) in [4.78, 5) is 35.5. The number of nitrogens with one attached hydrogen (secondary N) is 1. The minimum Gasteiger partial charge on any atom is -0.494 e. The smallest absolute Gasteiger partial charge is 0.333 e. The van der Waals surface area contributed by atoms with Gasteiger partial charge in [0.15, 0.2) is 0 Å². The number of nitrogens with zero attached hydrogens (tertiary/aromatic N) is 3. The number of carbonyl (C=O) groups is 1. The summed E-state index contributed by atoms with van der Waals surface area (Å²) in [7, 11) is 2.68. The van der Waals surface area contributed by atoms with E-state index in [0.717, 1.165) is 22.0 Å². The molecule has 0 spiro atoms. The molecular formula is C14H22N4O4. The Hall–Kier alpha value is -2.38. The monoisotopic (exact) mass is 310 g/mol. The van der Waals surface area contributed by atoms with E-state index in [1.807, 2.05) is 6.92 Å². The van der Waals surface area contributed by atoms with Gasteiger partial charge in [0.1, 0.15) is 5.56 Å².